The van der Waals surface area contributed by atoms with E-state index in [1.807, 2.05) is 0 Å². The number of carboxylic acids is 1. The van der Waals surface area contributed by atoms with Crippen molar-refractivity contribution in [2.24, 2.45) is 0 Å². The van der Waals surface area contributed by atoms with Crippen molar-refractivity contribution in [2.45, 2.75) is 13.0 Å². The SMILES string of the molecule is CC(C(=O)O)n1nccc1-c1cc(Br)cnc1Cl. The number of hydrogen-bond acceptors (Lipinski definition) is 3. The zero-order valence-electron chi connectivity index (χ0n) is 9.34. The van der Waals surface area contributed by atoms with Crippen LogP contribution in [-0.2, 0) is 4.79 Å². The highest BCUT2D eigenvalue weighted by atomic mass is 79.9. The lowest BCUT2D eigenvalue weighted by Crippen LogP contribution is -2.17. The molecule has 0 aliphatic heterocycles. The minimum absolute atomic E-state index is 0.303. The molecule has 18 heavy (non-hydrogen) atoms. The quantitative estimate of drug-likeness (QED) is 0.878. The van der Waals surface area contributed by atoms with Gasteiger partial charge < -0.3 is 5.11 Å². The Labute approximate surface area is 117 Å². The molecule has 0 radical (unpaired) electrons. The van der Waals surface area contributed by atoms with Crippen LogP contribution in [0.1, 0.15) is 13.0 Å². The largest absolute Gasteiger partial charge is 0.480 e. The van der Waals surface area contributed by atoms with Gasteiger partial charge >= 0.3 is 5.97 Å². The molecule has 0 spiro atoms. The van der Waals surface area contributed by atoms with Gasteiger partial charge in [0.25, 0.3) is 0 Å². The van der Waals surface area contributed by atoms with Crippen molar-refractivity contribution < 1.29 is 9.90 Å². The molecule has 0 aliphatic carbocycles. The first-order valence-electron chi connectivity index (χ1n) is 5.08. The second-order valence-electron chi connectivity index (χ2n) is 3.67. The van der Waals surface area contributed by atoms with Crippen molar-refractivity contribution in [2.75, 3.05) is 0 Å². The van der Waals surface area contributed by atoms with Gasteiger partial charge in [-0.15, -0.1) is 0 Å². The average Bonchev–Trinajstić information content (AvgIpc) is 2.80. The first-order chi connectivity index (χ1) is 8.50. The predicted octanol–water partition coefficient (Wildman–Crippen LogP) is 3.01. The second kappa shape index (κ2) is 5.07. The first-order valence-corrected chi connectivity index (χ1v) is 6.25. The molecule has 0 aliphatic rings. The number of pyridine rings is 1. The fourth-order valence-corrected chi connectivity index (χ4v) is 2.07. The number of rotatable bonds is 3. The molecule has 2 aromatic rings. The summed E-state index contributed by atoms with van der Waals surface area (Å²) in [7, 11) is 0. The number of aromatic nitrogens is 3. The summed E-state index contributed by atoms with van der Waals surface area (Å²) in [5, 5.41) is 13.4. The minimum atomic E-state index is -0.959. The standard InChI is InChI=1S/C11H9BrClN3O2/c1-6(11(17)18)16-9(2-3-15-16)8-4-7(12)5-14-10(8)13/h2-6H,1H3,(H,17,18). The summed E-state index contributed by atoms with van der Waals surface area (Å²) >= 11 is 9.33. The van der Waals surface area contributed by atoms with Crippen LogP contribution in [0.2, 0.25) is 5.15 Å². The molecule has 94 valence electrons. The molecule has 2 heterocycles. The monoisotopic (exact) mass is 329 g/mol. The third kappa shape index (κ3) is 2.39. The molecule has 0 fully saturated rings. The van der Waals surface area contributed by atoms with Crippen LogP contribution in [0, 0.1) is 0 Å². The van der Waals surface area contributed by atoms with Crippen LogP contribution in [0.25, 0.3) is 11.3 Å². The number of nitrogens with zero attached hydrogens (tertiary/aromatic N) is 3. The van der Waals surface area contributed by atoms with Crippen molar-refractivity contribution >= 4 is 33.5 Å². The van der Waals surface area contributed by atoms with Crippen LogP contribution < -0.4 is 0 Å². The summed E-state index contributed by atoms with van der Waals surface area (Å²) in [5.74, 6) is -0.959. The third-order valence-corrected chi connectivity index (χ3v) is 3.21. The number of hydrogen-bond donors (Lipinski definition) is 1. The summed E-state index contributed by atoms with van der Waals surface area (Å²) in [4.78, 5) is 15.0. The van der Waals surface area contributed by atoms with E-state index in [9.17, 15) is 4.79 Å². The maximum atomic E-state index is 11.0. The van der Waals surface area contributed by atoms with Gasteiger partial charge in [-0.2, -0.15) is 5.10 Å². The van der Waals surface area contributed by atoms with E-state index in [0.717, 1.165) is 4.47 Å². The van der Waals surface area contributed by atoms with E-state index < -0.39 is 12.0 Å². The lowest BCUT2D eigenvalue weighted by Gasteiger charge is -2.12. The molecule has 5 nitrogen and oxygen atoms in total. The number of carboxylic acid groups (broad SMARTS) is 1. The topological polar surface area (TPSA) is 68.0 Å². The van der Waals surface area contributed by atoms with Gasteiger partial charge in [-0.25, -0.2) is 9.78 Å². The Morgan fingerprint density at radius 2 is 2.33 bits per heavy atom. The molecule has 2 rings (SSSR count). The molecule has 0 saturated carbocycles. The molecule has 7 heteroatoms. The van der Waals surface area contributed by atoms with E-state index in [-0.39, 0.29) is 0 Å². The molecule has 1 N–H and O–H groups in total. The highest BCUT2D eigenvalue weighted by Crippen LogP contribution is 2.30. The van der Waals surface area contributed by atoms with Crippen molar-refractivity contribution in [1.29, 1.82) is 0 Å². The number of aliphatic carboxylic acids is 1. The Kier molecular flexibility index (Phi) is 3.68. The van der Waals surface area contributed by atoms with E-state index in [1.165, 1.54) is 10.9 Å². The van der Waals surface area contributed by atoms with Gasteiger partial charge in [0.1, 0.15) is 11.2 Å². The third-order valence-electron chi connectivity index (χ3n) is 2.48. The Hall–Kier alpha value is -1.40. The van der Waals surface area contributed by atoms with Gasteiger partial charge in [-0.3, -0.25) is 4.68 Å². The van der Waals surface area contributed by atoms with Gasteiger partial charge in [-0.05, 0) is 35.0 Å². The molecule has 2 aromatic heterocycles. The highest BCUT2D eigenvalue weighted by molar-refractivity contribution is 9.10. The van der Waals surface area contributed by atoms with E-state index in [2.05, 4.69) is 26.0 Å². The number of carbonyl (C=O) groups is 1. The van der Waals surface area contributed by atoms with Gasteiger partial charge in [0.2, 0.25) is 0 Å². The van der Waals surface area contributed by atoms with Crippen molar-refractivity contribution in [3.63, 3.8) is 0 Å². The molecule has 1 unspecified atom stereocenters. The zero-order chi connectivity index (χ0) is 13.3. The lowest BCUT2D eigenvalue weighted by atomic mass is 10.2. The lowest BCUT2D eigenvalue weighted by molar-refractivity contribution is -0.140. The molecule has 0 saturated heterocycles. The van der Waals surface area contributed by atoms with Gasteiger partial charge in [0.15, 0.2) is 0 Å². The maximum Gasteiger partial charge on any atom is 0.328 e. The Bertz CT molecular complexity index is 600. The molecular weight excluding hydrogens is 321 g/mol. The van der Waals surface area contributed by atoms with E-state index in [4.69, 9.17) is 16.7 Å². The summed E-state index contributed by atoms with van der Waals surface area (Å²) in [6.07, 6.45) is 3.11. The van der Waals surface area contributed by atoms with E-state index in [1.54, 1.807) is 25.3 Å². The summed E-state index contributed by atoms with van der Waals surface area (Å²) in [5.41, 5.74) is 1.25. The molecule has 1 atom stereocenters. The summed E-state index contributed by atoms with van der Waals surface area (Å²) in [6.45, 7) is 1.55. The zero-order valence-corrected chi connectivity index (χ0v) is 11.7. The number of halogens is 2. The fourth-order valence-electron chi connectivity index (χ4n) is 1.54. The normalized spacial score (nSPS) is 12.4. The smallest absolute Gasteiger partial charge is 0.328 e. The van der Waals surface area contributed by atoms with E-state index in [0.29, 0.717) is 16.4 Å². The van der Waals surface area contributed by atoms with Crippen LogP contribution in [0.15, 0.2) is 29.0 Å². The average molecular weight is 331 g/mol. The minimum Gasteiger partial charge on any atom is -0.480 e. The Morgan fingerprint density at radius 3 is 3.00 bits per heavy atom. The van der Waals surface area contributed by atoms with Crippen LogP contribution in [0.4, 0.5) is 0 Å². The van der Waals surface area contributed by atoms with Gasteiger partial charge in [-0.1, -0.05) is 11.6 Å². The van der Waals surface area contributed by atoms with Crippen LogP contribution in [0.5, 0.6) is 0 Å². The van der Waals surface area contributed by atoms with Crippen molar-refractivity contribution in [3.05, 3.63) is 34.2 Å². The molecular formula is C11H9BrClN3O2. The van der Waals surface area contributed by atoms with Gasteiger partial charge in [0, 0.05) is 22.4 Å². The Morgan fingerprint density at radius 1 is 1.61 bits per heavy atom. The second-order valence-corrected chi connectivity index (χ2v) is 4.94. The highest BCUT2D eigenvalue weighted by Gasteiger charge is 2.19. The summed E-state index contributed by atoms with van der Waals surface area (Å²) in [6, 6.07) is 2.71. The molecule has 0 bridgehead atoms. The summed E-state index contributed by atoms with van der Waals surface area (Å²) < 4.78 is 2.16. The maximum absolute atomic E-state index is 11.0. The predicted molar refractivity (Wildman–Crippen MR) is 70.5 cm³/mol. The fraction of sp³-hybridized carbons (Fsp3) is 0.182. The molecule has 0 amide bonds. The van der Waals surface area contributed by atoms with Crippen LogP contribution >= 0.6 is 27.5 Å². The first kappa shape index (κ1) is 13.0. The van der Waals surface area contributed by atoms with Crippen LogP contribution in [-0.4, -0.2) is 25.8 Å². The van der Waals surface area contributed by atoms with Crippen molar-refractivity contribution in [3.8, 4) is 11.3 Å². The van der Waals surface area contributed by atoms with Crippen molar-refractivity contribution in [1.82, 2.24) is 14.8 Å². The van der Waals surface area contributed by atoms with Gasteiger partial charge in [0.05, 0.1) is 5.69 Å². The molecule has 0 aromatic carbocycles. The Balaban J connectivity index is 2.55. The van der Waals surface area contributed by atoms with E-state index >= 15 is 0 Å². The van der Waals surface area contributed by atoms with Crippen LogP contribution in [0.3, 0.4) is 0 Å².